The molecular formula is C23H23NO4. The van der Waals surface area contributed by atoms with Gasteiger partial charge >= 0.3 is 5.97 Å². The summed E-state index contributed by atoms with van der Waals surface area (Å²) in [5.74, 6) is -0.231. The Morgan fingerprint density at radius 2 is 1.54 bits per heavy atom. The van der Waals surface area contributed by atoms with Gasteiger partial charge < -0.3 is 14.0 Å². The SMILES string of the molecule is Cc1cc(C(=O)COC(=O)COc2ccc(-c3ccccc3)cc2)c(C)n1C. The second-order valence-electron chi connectivity index (χ2n) is 6.61. The van der Waals surface area contributed by atoms with E-state index in [2.05, 4.69) is 0 Å². The number of carbonyl (C=O) groups excluding carboxylic acids is 2. The van der Waals surface area contributed by atoms with Crippen LogP contribution in [0.4, 0.5) is 0 Å². The van der Waals surface area contributed by atoms with Crippen molar-refractivity contribution in [3.63, 3.8) is 0 Å². The van der Waals surface area contributed by atoms with E-state index < -0.39 is 5.97 Å². The van der Waals surface area contributed by atoms with Gasteiger partial charge in [0.2, 0.25) is 5.78 Å². The fourth-order valence-corrected chi connectivity index (χ4v) is 2.92. The van der Waals surface area contributed by atoms with Crippen LogP contribution in [0.25, 0.3) is 11.1 Å². The molecule has 5 heteroatoms. The molecule has 0 saturated heterocycles. The monoisotopic (exact) mass is 377 g/mol. The lowest BCUT2D eigenvalue weighted by atomic mass is 10.1. The van der Waals surface area contributed by atoms with Crippen LogP contribution >= 0.6 is 0 Å². The van der Waals surface area contributed by atoms with Crippen molar-refractivity contribution in [2.24, 2.45) is 7.05 Å². The highest BCUT2D eigenvalue weighted by Crippen LogP contribution is 2.22. The Labute approximate surface area is 164 Å². The van der Waals surface area contributed by atoms with Crippen LogP contribution in [-0.4, -0.2) is 29.5 Å². The Bertz CT molecular complexity index is 972. The van der Waals surface area contributed by atoms with Gasteiger partial charge in [0.1, 0.15) is 5.75 Å². The summed E-state index contributed by atoms with van der Waals surface area (Å²) in [6.45, 7) is 3.25. The predicted octanol–water partition coefficient (Wildman–Crippen LogP) is 4.11. The molecule has 0 bridgehead atoms. The van der Waals surface area contributed by atoms with Crippen LogP contribution in [0, 0.1) is 13.8 Å². The third-order valence-electron chi connectivity index (χ3n) is 4.76. The molecule has 0 fully saturated rings. The molecule has 0 unspecified atom stereocenters. The molecule has 3 rings (SSSR count). The number of esters is 1. The lowest BCUT2D eigenvalue weighted by Crippen LogP contribution is -2.19. The maximum atomic E-state index is 12.3. The summed E-state index contributed by atoms with van der Waals surface area (Å²) in [6, 6.07) is 19.3. The first-order chi connectivity index (χ1) is 13.5. The summed E-state index contributed by atoms with van der Waals surface area (Å²) >= 11 is 0. The van der Waals surface area contributed by atoms with Gasteiger partial charge in [0.25, 0.3) is 0 Å². The Hall–Kier alpha value is -3.34. The average Bonchev–Trinajstić information content (AvgIpc) is 2.99. The number of aromatic nitrogens is 1. The molecule has 0 atom stereocenters. The number of rotatable bonds is 7. The van der Waals surface area contributed by atoms with Crippen molar-refractivity contribution in [3.05, 3.63) is 77.6 Å². The summed E-state index contributed by atoms with van der Waals surface area (Å²) in [4.78, 5) is 24.1. The minimum absolute atomic E-state index is 0.221. The topological polar surface area (TPSA) is 57.5 Å². The maximum absolute atomic E-state index is 12.3. The average molecular weight is 377 g/mol. The number of benzene rings is 2. The van der Waals surface area contributed by atoms with E-state index in [1.807, 2.05) is 67.9 Å². The van der Waals surface area contributed by atoms with E-state index in [0.717, 1.165) is 22.5 Å². The fourth-order valence-electron chi connectivity index (χ4n) is 2.92. The van der Waals surface area contributed by atoms with Crippen LogP contribution in [0.15, 0.2) is 60.7 Å². The minimum Gasteiger partial charge on any atom is -0.482 e. The van der Waals surface area contributed by atoms with E-state index in [4.69, 9.17) is 9.47 Å². The second-order valence-corrected chi connectivity index (χ2v) is 6.61. The van der Waals surface area contributed by atoms with Gasteiger partial charge in [0.05, 0.1) is 0 Å². The zero-order valence-corrected chi connectivity index (χ0v) is 16.3. The number of Topliss-reactive ketones (excluding diaryl/α,β-unsaturated/α-hetero) is 1. The zero-order valence-electron chi connectivity index (χ0n) is 16.3. The lowest BCUT2D eigenvalue weighted by molar-refractivity contribution is -0.144. The Kier molecular flexibility index (Phi) is 5.94. The van der Waals surface area contributed by atoms with Crippen molar-refractivity contribution >= 4 is 11.8 Å². The third-order valence-corrected chi connectivity index (χ3v) is 4.76. The highest BCUT2D eigenvalue weighted by molar-refractivity contribution is 5.99. The molecule has 144 valence electrons. The molecule has 0 aliphatic heterocycles. The van der Waals surface area contributed by atoms with Crippen molar-refractivity contribution in [2.45, 2.75) is 13.8 Å². The van der Waals surface area contributed by atoms with Crippen molar-refractivity contribution in [1.82, 2.24) is 4.57 Å². The van der Waals surface area contributed by atoms with Gasteiger partial charge in [-0.3, -0.25) is 4.79 Å². The highest BCUT2D eigenvalue weighted by Gasteiger charge is 2.16. The Balaban J connectivity index is 1.49. The normalized spacial score (nSPS) is 10.5. The number of carbonyl (C=O) groups is 2. The van der Waals surface area contributed by atoms with E-state index in [1.165, 1.54) is 0 Å². The maximum Gasteiger partial charge on any atom is 0.344 e. The fraction of sp³-hybridized carbons (Fsp3) is 0.217. The first kappa shape index (κ1) is 19.4. The van der Waals surface area contributed by atoms with Gasteiger partial charge in [-0.05, 0) is 43.2 Å². The Morgan fingerprint density at radius 1 is 0.893 bits per heavy atom. The molecule has 3 aromatic rings. The van der Waals surface area contributed by atoms with E-state index >= 15 is 0 Å². The van der Waals surface area contributed by atoms with Crippen LogP contribution < -0.4 is 4.74 Å². The summed E-state index contributed by atoms with van der Waals surface area (Å²) in [6.07, 6.45) is 0. The molecule has 0 aliphatic carbocycles. The summed E-state index contributed by atoms with van der Waals surface area (Å²) in [5, 5.41) is 0. The molecule has 1 aromatic heterocycles. The summed E-state index contributed by atoms with van der Waals surface area (Å²) in [5.41, 5.74) is 4.58. The first-order valence-electron chi connectivity index (χ1n) is 9.05. The van der Waals surface area contributed by atoms with E-state index in [9.17, 15) is 9.59 Å². The molecule has 5 nitrogen and oxygen atoms in total. The molecule has 0 radical (unpaired) electrons. The smallest absolute Gasteiger partial charge is 0.344 e. The molecule has 0 saturated carbocycles. The zero-order chi connectivity index (χ0) is 20.1. The summed E-state index contributed by atoms with van der Waals surface area (Å²) in [7, 11) is 1.89. The number of ether oxygens (including phenoxy) is 2. The number of aryl methyl sites for hydroxylation is 1. The van der Waals surface area contributed by atoms with Crippen molar-refractivity contribution in [2.75, 3.05) is 13.2 Å². The standard InChI is InChI=1S/C23H23NO4/c1-16-13-21(17(2)24(16)3)22(25)14-28-23(26)15-27-20-11-9-19(10-12-20)18-7-5-4-6-8-18/h4-13H,14-15H2,1-3H3. The largest absolute Gasteiger partial charge is 0.482 e. The second kappa shape index (κ2) is 8.57. The van der Waals surface area contributed by atoms with Gasteiger partial charge in [-0.25, -0.2) is 4.79 Å². The van der Waals surface area contributed by atoms with Crippen LogP contribution in [0.5, 0.6) is 5.75 Å². The van der Waals surface area contributed by atoms with Crippen LogP contribution in [0.3, 0.4) is 0 Å². The van der Waals surface area contributed by atoms with E-state index in [0.29, 0.717) is 11.3 Å². The minimum atomic E-state index is -0.578. The van der Waals surface area contributed by atoms with E-state index in [-0.39, 0.29) is 19.0 Å². The van der Waals surface area contributed by atoms with Crippen molar-refractivity contribution < 1.29 is 19.1 Å². The lowest BCUT2D eigenvalue weighted by Gasteiger charge is -2.08. The molecule has 2 aromatic carbocycles. The third kappa shape index (κ3) is 4.49. The van der Waals surface area contributed by atoms with Gasteiger partial charge in [0.15, 0.2) is 13.2 Å². The van der Waals surface area contributed by atoms with Gasteiger partial charge in [-0.2, -0.15) is 0 Å². The van der Waals surface area contributed by atoms with Gasteiger partial charge in [-0.1, -0.05) is 42.5 Å². The molecule has 1 heterocycles. The van der Waals surface area contributed by atoms with Gasteiger partial charge in [0, 0.05) is 24.0 Å². The highest BCUT2D eigenvalue weighted by atomic mass is 16.6. The first-order valence-corrected chi connectivity index (χ1v) is 9.05. The van der Waals surface area contributed by atoms with Crippen LogP contribution in [0.1, 0.15) is 21.7 Å². The van der Waals surface area contributed by atoms with Crippen molar-refractivity contribution in [1.29, 1.82) is 0 Å². The predicted molar refractivity (Wildman–Crippen MR) is 108 cm³/mol. The number of hydrogen-bond acceptors (Lipinski definition) is 4. The molecule has 0 aliphatic rings. The Morgan fingerprint density at radius 3 is 2.14 bits per heavy atom. The molecule has 28 heavy (non-hydrogen) atoms. The number of ketones is 1. The van der Waals surface area contributed by atoms with Crippen molar-refractivity contribution in [3.8, 4) is 16.9 Å². The quantitative estimate of drug-likeness (QED) is 0.459. The number of hydrogen-bond donors (Lipinski definition) is 0. The molecule has 0 amide bonds. The van der Waals surface area contributed by atoms with E-state index in [1.54, 1.807) is 18.2 Å². The molecule has 0 N–H and O–H groups in total. The summed E-state index contributed by atoms with van der Waals surface area (Å²) < 4.78 is 12.4. The molecule has 0 spiro atoms. The van der Waals surface area contributed by atoms with Gasteiger partial charge in [-0.15, -0.1) is 0 Å². The van der Waals surface area contributed by atoms with Crippen LogP contribution in [-0.2, 0) is 16.6 Å². The molecular weight excluding hydrogens is 354 g/mol. The number of nitrogens with zero attached hydrogens (tertiary/aromatic N) is 1. The van der Waals surface area contributed by atoms with Crippen LogP contribution in [0.2, 0.25) is 0 Å².